The number of hydrogen-bond donors (Lipinski definition) is 0. The highest BCUT2D eigenvalue weighted by Crippen LogP contribution is 2.37. The Morgan fingerprint density at radius 3 is 1.29 bits per heavy atom. The fraction of sp³-hybridized carbons (Fsp3) is 0.400. The third-order valence-electron chi connectivity index (χ3n) is 13.3. The van der Waals surface area contributed by atoms with Gasteiger partial charge in [0.05, 0.1) is 36.7 Å². The predicted octanol–water partition coefficient (Wildman–Crippen LogP) is 12.3. The Morgan fingerprint density at radius 1 is 0.452 bits per heavy atom. The van der Waals surface area contributed by atoms with E-state index in [1.54, 1.807) is 32.1 Å². The molecule has 3 aliphatic rings. The average molecular weight is 1040 g/mol. The van der Waals surface area contributed by atoms with E-state index in [1.165, 1.54) is 61.8 Å². The number of piperidine rings is 1. The summed E-state index contributed by atoms with van der Waals surface area (Å²) < 4.78 is 5.24. The van der Waals surface area contributed by atoms with Gasteiger partial charge in [-0.25, -0.2) is 28.5 Å². The molecule has 3 aliphatic heterocycles. The molecule has 3 fully saturated rings. The van der Waals surface area contributed by atoms with Crippen LogP contribution in [0.15, 0.2) is 97.5 Å². The Labute approximate surface area is 439 Å². The minimum Gasteiger partial charge on any atom is -0.329 e. The number of benzene rings is 3. The van der Waals surface area contributed by atoms with E-state index in [-0.39, 0.29) is 35.8 Å². The molecule has 6 aromatic heterocycles. The van der Waals surface area contributed by atoms with Gasteiger partial charge in [0, 0.05) is 19.6 Å². The average Bonchev–Trinajstić information content (AvgIpc) is 4.30. The molecule has 0 radical (unpaired) electrons. The molecule has 9 heterocycles. The second-order valence-corrected chi connectivity index (χ2v) is 20.9. The van der Waals surface area contributed by atoms with Crippen LogP contribution in [0.5, 0.6) is 0 Å². The number of carbonyl (C=O) groups excluding carboxylic acids is 3. The maximum atomic E-state index is 13.0. The van der Waals surface area contributed by atoms with Gasteiger partial charge in [0.25, 0.3) is 17.7 Å². The quantitative estimate of drug-likeness (QED) is 0.158. The molecule has 382 valence electrons. The number of hydrogen-bond acceptors (Lipinski definition) is 12. The van der Waals surface area contributed by atoms with Crippen molar-refractivity contribution in [1.29, 1.82) is 0 Å². The normalized spacial score (nSPS) is 17.3. The van der Waals surface area contributed by atoms with E-state index < -0.39 is 0 Å². The Balaban J connectivity index is 0.000000141. The van der Waals surface area contributed by atoms with E-state index in [1.807, 2.05) is 93.5 Å². The van der Waals surface area contributed by atoms with Crippen molar-refractivity contribution in [1.82, 2.24) is 58.5 Å². The first-order chi connectivity index (χ1) is 35.5. The first kappa shape index (κ1) is 52.7. The largest absolute Gasteiger partial charge is 0.329 e. The zero-order valence-corrected chi connectivity index (χ0v) is 45.8. The van der Waals surface area contributed by atoms with Crippen molar-refractivity contribution in [3.63, 3.8) is 0 Å². The zero-order chi connectivity index (χ0) is 51.8. The fourth-order valence-electron chi connectivity index (χ4n) is 9.72. The molecule has 18 heteroatoms. The topological polar surface area (TPSA) is 152 Å². The highest BCUT2D eigenvalue weighted by Gasteiger charge is 2.35. The van der Waals surface area contributed by atoms with Crippen molar-refractivity contribution in [2.45, 2.75) is 125 Å². The van der Waals surface area contributed by atoms with Crippen molar-refractivity contribution in [3.05, 3.63) is 158 Å². The summed E-state index contributed by atoms with van der Waals surface area (Å²) in [4.78, 5) is 60.2. The molecule has 0 aliphatic carbocycles. The van der Waals surface area contributed by atoms with E-state index >= 15 is 0 Å². The van der Waals surface area contributed by atoms with Crippen molar-refractivity contribution in [2.75, 3.05) is 19.6 Å². The summed E-state index contributed by atoms with van der Waals surface area (Å²) in [6.07, 6.45) is 12.6. The molecule has 73 heavy (non-hydrogen) atoms. The molecule has 3 aromatic carbocycles. The van der Waals surface area contributed by atoms with Crippen LogP contribution in [0.3, 0.4) is 0 Å². The van der Waals surface area contributed by atoms with Crippen LogP contribution < -0.4 is 0 Å². The second kappa shape index (κ2) is 23.9. The monoisotopic (exact) mass is 1040 g/mol. The van der Waals surface area contributed by atoms with Crippen molar-refractivity contribution in [2.24, 2.45) is 0 Å². The van der Waals surface area contributed by atoms with Crippen molar-refractivity contribution < 1.29 is 14.4 Å². The van der Waals surface area contributed by atoms with Gasteiger partial charge in [0.1, 0.15) is 32.0 Å². The lowest BCUT2D eigenvalue weighted by molar-refractivity contribution is 0.0609. The molecule has 2 unspecified atom stereocenters. The summed E-state index contributed by atoms with van der Waals surface area (Å²) in [5, 5.41) is 15.0. The van der Waals surface area contributed by atoms with E-state index in [2.05, 4.69) is 92.6 Å². The van der Waals surface area contributed by atoms with Crippen molar-refractivity contribution >= 4 is 66.2 Å². The number of rotatable bonds is 6. The minimum absolute atomic E-state index is 0.0289. The summed E-state index contributed by atoms with van der Waals surface area (Å²) in [5.74, 6) is 2.53. The number of nitrogens with zero attached hydrogens (tertiary/aromatic N) is 12. The highest BCUT2D eigenvalue weighted by molar-refractivity contribution is 7.19. The molecule has 3 amide bonds. The molecule has 3 saturated heterocycles. The number of imidazole rings is 3. The first-order valence-electron chi connectivity index (χ1n) is 25.6. The lowest BCUT2D eigenvalue weighted by Gasteiger charge is -2.35. The SMILES string of the molecule is CC.CC.Cc1ccc(C2CCCN2C(=O)c2nn3c(C)ncc3s2)cc1.Cc1ccccc1C1CCCN1C(=O)c1nn2c(C)ncc2s1.Cc1ncc2sc(C(=O)N3CCCC[C@H]3c3ccccc3)nn12. The number of carbonyl (C=O) groups is 3. The van der Waals surface area contributed by atoms with Crippen LogP contribution in [0, 0.1) is 34.6 Å². The Bertz CT molecular complexity index is 3280. The summed E-state index contributed by atoms with van der Waals surface area (Å²) in [6, 6.07) is 27.6. The Morgan fingerprint density at radius 2 is 0.836 bits per heavy atom. The van der Waals surface area contributed by atoms with Gasteiger partial charge in [-0.3, -0.25) is 14.4 Å². The third-order valence-corrected chi connectivity index (χ3v) is 16.2. The highest BCUT2D eigenvalue weighted by atomic mass is 32.1. The maximum absolute atomic E-state index is 13.0. The van der Waals surface area contributed by atoms with Gasteiger partial charge in [-0.2, -0.15) is 0 Å². The van der Waals surface area contributed by atoms with Gasteiger partial charge in [0.2, 0.25) is 15.0 Å². The number of aromatic nitrogens is 9. The van der Waals surface area contributed by atoms with Crippen LogP contribution in [0.2, 0.25) is 0 Å². The summed E-state index contributed by atoms with van der Waals surface area (Å²) in [7, 11) is 0. The molecule has 0 spiro atoms. The number of amides is 3. The smallest absolute Gasteiger partial charge is 0.285 e. The van der Waals surface area contributed by atoms with E-state index in [0.717, 1.165) is 96.5 Å². The van der Waals surface area contributed by atoms with Gasteiger partial charge in [-0.1, -0.05) is 146 Å². The predicted molar refractivity (Wildman–Crippen MR) is 292 cm³/mol. The zero-order valence-electron chi connectivity index (χ0n) is 43.4. The van der Waals surface area contributed by atoms with Gasteiger partial charge >= 0.3 is 0 Å². The maximum Gasteiger partial charge on any atom is 0.285 e. The molecule has 12 rings (SSSR count). The van der Waals surface area contributed by atoms with Crippen LogP contribution in [-0.4, -0.2) is 95.8 Å². The van der Waals surface area contributed by atoms with Crippen LogP contribution >= 0.6 is 34.0 Å². The second-order valence-electron chi connectivity index (χ2n) is 17.9. The molecule has 9 aromatic rings. The lowest BCUT2D eigenvalue weighted by Crippen LogP contribution is -2.38. The molecule has 0 bridgehead atoms. The van der Waals surface area contributed by atoms with Gasteiger partial charge in [0.15, 0.2) is 0 Å². The van der Waals surface area contributed by atoms with E-state index in [9.17, 15) is 14.4 Å². The van der Waals surface area contributed by atoms with Crippen LogP contribution in [0.4, 0.5) is 0 Å². The van der Waals surface area contributed by atoms with Gasteiger partial charge in [-0.15, -0.1) is 15.3 Å². The fourth-order valence-corrected chi connectivity index (χ4v) is 12.4. The van der Waals surface area contributed by atoms with Crippen LogP contribution in [0.1, 0.15) is 165 Å². The van der Waals surface area contributed by atoms with E-state index in [0.29, 0.717) is 15.0 Å². The Hall–Kier alpha value is -6.63. The number of aryl methyl sites for hydroxylation is 5. The van der Waals surface area contributed by atoms with Gasteiger partial charge in [-0.05, 0) is 102 Å². The lowest BCUT2D eigenvalue weighted by atomic mass is 9.95. The summed E-state index contributed by atoms with van der Waals surface area (Å²) >= 11 is 4.24. The summed E-state index contributed by atoms with van der Waals surface area (Å²) in [6.45, 7) is 20.3. The third kappa shape index (κ3) is 11.3. The molecular formula is C55H66N12O3S3. The van der Waals surface area contributed by atoms with Crippen LogP contribution in [-0.2, 0) is 0 Å². The Kier molecular flexibility index (Phi) is 17.3. The van der Waals surface area contributed by atoms with Crippen LogP contribution in [0.25, 0.3) is 14.5 Å². The van der Waals surface area contributed by atoms with E-state index in [4.69, 9.17) is 0 Å². The summed E-state index contributed by atoms with van der Waals surface area (Å²) in [5.41, 5.74) is 6.15. The molecule has 0 N–H and O–H groups in total. The molecule has 15 nitrogen and oxygen atoms in total. The number of likely N-dealkylation sites (tertiary alicyclic amines) is 3. The molecular weight excluding hydrogens is 973 g/mol. The molecule has 0 saturated carbocycles. The first-order valence-corrected chi connectivity index (χ1v) is 28.0. The number of fused-ring (bicyclic) bond motifs is 3. The standard InChI is InChI=1S/3C17H18N4OS.2C2H6/c1-11-5-7-13(8-6-11)14-4-3-9-20(14)17(22)16-19-21-12(2)18-10-15(21)23-16;1-11-6-3-4-7-13(11)14-8-5-9-20(14)17(22)16-19-21-12(2)18-10-15(21)23-16;1-12-18-11-15-21(12)19-16(23-15)17(22)20-10-6-5-9-14(20)13-7-3-2-4-8-13;2*1-2/h5-8,10,14H,3-4,9H2,1-2H3;3-4,6-7,10,14H,5,8-9H2,1-2H3;2-4,7-8,11,14H,5-6,9-10H2,1H3;2*1-2H3/t;;14-;;/m..0../s1. The molecule has 3 atom stereocenters. The minimum atomic E-state index is 0.0289. The van der Waals surface area contributed by atoms with Gasteiger partial charge < -0.3 is 14.7 Å². The van der Waals surface area contributed by atoms with Crippen molar-refractivity contribution in [3.8, 4) is 0 Å².